The summed E-state index contributed by atoms with van der Waals surface area (Å²) in [4.78, 5) is 23.2. The Hall–Kier alpha value is -1.83. The number of rotatable bonds is 8. The Morgan fingerprint density at radius 1 is 1.36 bits per heavy atom. The third-order valence-corrected chi connectivity index (χ3v) is 3.91. The molecule has 8 heteroatoms. The molecule has 0 amide bonds. The van der Waals surface area contributed by atoms with Crippen LogP contribution in [0.3, 0.4) is 0 Å². The van der Waals surface area contributed by atoms with Crippen LogP contribution in [0.1, 0.15) is 21.0 Å². The molecule has 0 atom stereocenters. The highest BCUT2D eigenvalue weighted by atomic mass is 35.5. The molecule has 0 aliphatic rings. The van der Waals surface area contributed by atoms with Gasteiger partial charge in [0.15, 0.2) is 0 Å². The standard InChI is InChI=1S/C14H13ClO6S/c15-12-2-1-11(22-12)3-4-19-8-13(16)21-7-10-5-9(6-20-10)14(17)18/h1-2,5-6H,3-4,7-8H2,(H,17,18). The number of aromatic carboxylic acids is 1. The molecule has 0 saturated carbocycles. The van der Waals surface area contributed by atoms with Crippen molar-refractivity contribution in [2.24, 2.45) is 0 Å². The monoisotopic (exact) mass is 344 g/mol. The third kappa shape index (κ3) is 5.18. The fourth-order valence-electron chi connectivity index (χ4n) is 1.58. The summed E-state index contributed by atoms with van der Waals surface area (Å²) in [6.07, 6.45) is 1.76. The van der Waals surface area contributed by atoms with Gasteiger partial charge in [0.1, 0.15) is 25.2 Å². The quantitative estimate of drug-likeness (QED) is 0.585. The zero-order chi connectivity index (χ0) is 15.9. The fraction of sp³-hybridized carbons (Fsp3) is 0.286. The summed E-state index contributed by atoms with van der Waals surface area (Å²) < 4.78 is 15.8. The van der Waals surface area contributed by atoms with E-state index in [4.69, 9.17) is 30.6 Å². The highest BCUT2D eigenvalue weighted by molar-refractivity contribution is 7.16. The Morgan fingerprint density at radius 3 is 2.82 bits per heavy atom. The largest absolute Gasteiger partial charge is 0.478 e. The van der Waals surface area contributed by atoms with Gasteiger partial charge in [0.25, 0.3) is 0 Å². The Kier molecular flexibility index (Phi) is 6.00. The molecule has 0 aromatic carbocycles. The predicted octanol–water partition coefficient (Wildman–Crippen LogP) is 3.00. The topological polar surface area (TPSA) is 86.0 Å². The van der Waals surface area contributed by atoms with E-state index in [1.807, 2.05) is 12.1 Å². The molecular formula is C14H13ClO6S. The van der Waals surface area contributed by atoms with Gasteiger partial charge in [-0.1, -0.05) is 11.6 Å². The first-order valence-corrected chi connectivity index (χ1v) is 7.52. The summed E-state index contributed by atoms with van der Waals surface area (Å²) in [5.74, 6) is -1.38. The van der Waals surface area contributed by atoms with E-state index in [0.717, 1.165) is 11.1 Å². The lowest BCUT2D eigenvalue weighted by molar-refractivity contribution is -0.150. The van der Waals surface area contributed by atoms with Crippen LogP contribution in [-0.2, 0) is 27.3 Å². The lowest BCUT2D eigenvalue weighted by atomic mass is 10.3. The van der Waals surface area contributed by atoms with Crippen molar-refractivity contribution >= 4 is 34.9 Å². The first kappa shape index (κ1) is 16.5. The molecule has 0 aliphatic heterocycles. The molecule has 0 fully saturated rings. The molecular weight excluding hydrogens is 332 g/mol. The zero-order valence-electron chi connectivity index (χ0n) is 11.4. The molecule has 1 N–H and O–H groups in total. The van der Waals surface area contributed by atoms with Crippen LogP contribution in [0, 0.1) is 0 Å². The summed E-state index contributed by atoms with van der Waals surface area (Å²) in [7, 11) is 0. The van der Waals surface area contributed by atoms with Crippen molar-refractivity contribution in [1.82, 2.24) is 0 Å². The fourth-order valence-corrected chi connectivity index (χ4v) is 2.64. The number of esters is 1. The minimum Gasteiger partial charge on any atom is -0.478 e. The van der Waals surface area contributed by atoms with Gasteiger partial charge in [0.05, 0.1) is 16.5 Å². The van der Waals surface area contributed by atoms with E-state index in [0.29, 0.717) is 17.4 Å². The lowest BCUT2D eigenvalue weighted by Crippen LogP contribution is -2.13. The first-order valence-electron chi connectivity index (χ1n) is 6.33. The predicted molar refractivity (Wildman–Crippen MR) is 79.3 cm³/mol. The van der Waals surface area contributed by atoms with Gasteiger partial charge in [-0.15, -0.1) is 11.3 Å². The molecule has 118 valence electrons. The molecule has 0 bridgehead atoms. The molecule has 2 aromatic rings. The van der Waals surface area contributed by atoms with Crippen molar-refractivity contribution in [3.63, 3.8) is 0 Å². The molecule has 2 rings (SSSR count). The minimum absolute atomic E-state index is 0.0110. The summed E-state index contributed by atoms with van der Waals surface area (Å²) in [6, 6.07) is 5.02. The Labute approximate surface area is 135 Å². The highest BCUT2D eigenvalue weighted by Crippen LogP contribution is 2.21. The van der Waals surface area contributed by atoms with Crippen LogP contribution >= 0.6 is 22.9 Å². The molecule has 22 heavy (non-hydrogen) atoms. The Bertz CT molecular complexity index is 647. The van der Waals surface area contributed by atoms with Crippen molar-refractivity contribution in [2.75, 3.05) is 13.2 Å². The van der Waals surface area contributed by atoms with Crippen molar-refractivity contribution < 1.29 is 28.6 Å². The Morgan fingerprint density at radius 2 is 2.18 bits per heavy atom. The van der Waals surface area contributed by atoms with Crippen LogP contribution in [0.25, 0.3) is 0 Å². The van der Waals surface area contributed by atoms with E-state index in [1.54, 1.807) is 0 Å². The Balaban J connectivity index is 1.62. The van der Waals surface area contributed by atoms with Crippen molar-refractivity contribution in [3.05, 3.63) is 45.0 Å². The summed E-state index contributed by atoms with van der Waals surface area (Å²) in [6.45, 7) is 0.0808. The van der Waals surface area contributed by atoms with E-state index >= 15 is 0 Å². The van der Waals surface area contributed by atoms with Crippen LogP contribution in [0.2, 0.25) is 4.34 Å². The number of hydrogen-bond acceptors (Lipinski definition) is 6. The van der Waals surface area contributed by atoms with E-state index in [9.17, 15) is 9.59 Å². The lowest BCUT2D eigenvalue weighted by Gasteiger charge is -2.04. The molecule has 0 unspecified atom stereocenters. The van der Waals surface area contributed by atoms with E-state index in [1.165, 1.54) is 17.4 Å². The zero-order valence-corrected chi connectivity index (χ0v) is 13.0. The van der Waals surface area contributed by atoms with Crippen LogP contribution in [-0.4, -0.2) is 30.3 Å². The highest BCUT2D eigenvalue weighted by Gasteiger charge is 2.10. The van der Waals surface area contributed by atoms with E-state index in [-0.39, 0.29) is 24.5 Å². The third-order valence-electron chi connectivity index (χ3n) is 2.62. The second-order valence-electron chi connectivity index (χ2n) is 4.28. The number of carbonyl (C=O) groups is 2. The summed E-state index contributed by atoms with van der Waals surface area (Å²) in [5.41, 5.74) is 0.0110. The van der Waals surface area contributed by atoms with Gasteiger partial charge < -0.3 is 19.0 Å². The summed E-state index contributed by atoms with van der Waals surface area (Å²) >= 11 is 7.27. The number of thiophene rings is 1. The van der Waals surface area contributed by atoms with E-state index in [2.05, 4.69) is 0 Å². The maximum atomic E-state index is 11.4. The number of carboxylic acid groups (broad SMARTS) is 1. The average molecular weight is 345 g/mol. The second kappa shape index (κ2) is 7.98. The van der Waals surface area contributed by atoms with Crippen LogP contribution < -0.4 is 0 Å². The molecule has 0 spiro atoms. The summed E-state index contributed by atoms with van der Waals surface area (Å²) in [5, 5.41) is 8.72. The second-order valence-corrected chi connectivity index (χ2v) is 6.08. The number of hydrogen-bond donors (Lipinski definition) is 1. The smallest absolute Gasteiger partial charge is 0.338 e. The van der Waals surface area contributed by atoms with Crippen LogP contribution in [0.4, 0.5) is 0 Å². The molecule has 0 saturated heterocycles. The number of carbonyl (C=O) groups excluding carboxylic acids is 1. The van der Waals surface area contributed by atoms with Crippen LogP contribution in [0.5, 0.6) is 0 Å². The van der Waals surface area contributed by atoms with Gasteiger partial charge in [0, 0.05) is 11.3 Å². The van der Waals surface area contributed by atoms with Gasteiger partial charge in [-0.25, -0.2) is 9.59 Å². The molecule has 6 nitrogen and oxygen atoms in total. The number of furan rings is 1. The van der Waals surface area contributed by atoms with Gasteiger partial charge in [-0.3, -0.25) is 0 Å². The maximum Gasteiger partial charge on any atom is 0.338 e. The van der Waals surface area contributed by atoms with E-state index < -0.39 is 11.9 Å². The normalized spacial score (nSPS) is 10.6. The molecule has 0 radical (unpaired) electrons. The molecule has 2 aromatic heterocycles. The number of ether oxygens (including phenoxy) is 2. The average Bonchev–Trinajstić information content (AvgIpc) is 3.10. The first-order chi connectivity index (χ1) is 10.5. The SMILES string of the molecule is O=C(COCCc1ccc(Cl)s1)OCc1cc(C(=O)O)co1. The maximum absolute atomic E-state index is 11.4. The molecule has 2 heterocycles. The minimum atomic E-state index is -1.10. The van der Waals surface area contributed by atoms with Gasteiger partial charge in [0.2, 0.25) is 0 Å². The van der Waals surface area contributed by atoms with Crippen molar-refractivity contribution in [3.8, 4) is 0 Å². The number of carboxylic acids is 1. The van der Waals surface area contributed by atoms with Crippen LogP contribution in [0.15, 0.2) is 28.9 Å². The van der Waals surface area contributed by atoms with Gasteiger partial charge >= 0.3 is 11.9 Å². The van der Waals surface area contributed by atoms with Crippen molar-refractivity contribution in [2.45, 2.75) is 13.0 Å². The molecule has 0 aliphatic carbocycles. The number of halogens is 1. The van der Waals surface area contributed by atoms with Crippen molar-refractivity contribution in [1.29, 1.82) is 0 Å². The van der Waals surface area contributed by atoms with Gasteiger partial charge in [-0.2, -0.15) is 0 Å². The van der Waals surface area contributed by atoms with Gasteiger partial charge in [-0.05, 0) is 18.2 Å².